The van der Waals surface area contributed by atoms with Crippen LogP contribution in [0.2, 0.25) is 0 Å². The Kier molecular flexibility index (Phi) is 5.20. The molecule has 0 radical (unpaired) electrons. The molecule has 2 aliphatic carbocycles. The molecule has 2 heterocycles. The minimum atomic E-state index is -0.139. The second-order valence-electron chi connectivity index (χ2n) is 11.4. The van der Waals surface area contributed by atoms with Crippen molar-refractivity contribution in [2.24, 2.45) is 5.92 Å². The third kappa shape index (κ3) is 2.94. The van der Waals surface area contributed by atoms with Crippen LogP contribution in [-0.4, -0.2) is 4.57 Å². The summed E-state index contributed by atoms with van der Waals surface area (Å²) in [6.45, 7) is 4.65. The van der Waals surface area contributed by atoms with Gasteiger partial charge in [0.2, 0.25) is 0 Å². The molecule has 3 aromatic carbocycles. The highest BCUT2D eigenvalue weighted by molar-refractivity contribution is 5.71. The van der Waals surface area contributed by atoms with Gasteiger partial charge in [-0.15, -0.1) is 0 Å². The number of aryl methyl sites for hydroxylation is 1. The predicted molar refractivity (Wildman–Crippen MR) is 147 cm³/mol. The molecule has 0 N–H and O–H groups in total. The third-order valence-electron chi connectivity index (χ3n) is 9.54. The normalized spacial score (nSPS) is 21.7. The fourth-order valence-corrected chi connectivity index (χ4v) is 8.10. The molecule has 2 heteroatoms. The lowest BCUT2D eigenvalue weighted by Gasteiger charge is -2.36. The average molecular weight is 474 g/mol. The van der Waals surface area contributed by atoms with Crippen LogP contribution in [-0.2, 0) is 5.54 Å². The van der Waals surface area contributed by atoms with E-state index in [0.717, 1.165) is 0 Å². The van der Waals surface area contributed by atoms with Gasteiger partial charge < -0.3 is 0 Å². The van der Waals surface area contributed by atoms with Crippen molar-refractivity contribution in [1.29, 1.82) is 0 Å². The Bertz CT molecular complexity index is 1420. The quantitative estimate of drug-likeness (QED) is 0.266. The van der Waals surface area contributed by atoms with Crippen LogP contribution in [0.3, 0.4) is 0 Å². The van der Waals surface area contributed by atoms with Crippen molar-refractivity contribution in [1.82, 2.24) is 4.57 Å². The molecule has 1 unspecified atom stereocenters. The number of rotatable bonds is 4. The van der Waals surface area contributed by atoms with Crippen molar-refractivity contribution in [3.63, 3.8) is 0 Å². The smallest absolute Gasteiger partial charge is 0.212 e. The zero-order valence-electron chi connectivity index (χ0n) is 21.7. The van der Waals surface area contributed by atoms with Gasteiger partial charge in [0.25, 0.3) is 5.82 Å². The van der Waals surface area contributed by atoms with Gasteiger partial charge in [-0.1, -0.05) is 98.5 Å². The zero-order valence-corrected chi connectivity index (χ0v) is 21.7. The first kappa shape index (κ1) is 22.1. The number of hydrogen-bond acceptors (Lipinski definition) is 0. The highest BCUT2D eigenvalue weighted by atomic mass is 15.3. The van der Waals surface area contributed by atoms with Crippen molar-refractivity contribution >= 4 is 0 Å². The van der Waals surface area contributed by atoms with E-state index in [9.17, 15) is 0 Å². The van der Waals surface area contributed by atoms with Crippen LogP contribution in [0, 0.1) is 19.8 Å². The van der Waals surface area contributed by atoms with E-state index in [-0.39, 0.29) is 5.54 Å². The van der Waals surface area contributed by atoms with E-state index in [2.05, 4.69) is 102 Å². The second-order valence-corrected chi connectivity index (χ2v) is 11.4. The summed E-state index contributed by atoms with van der Waals surface area (Å²) in [7, 11) is 0. The summed E-state index contributed by atoms with van der Waals surface area (Å²) in [4.78, 5) is 0. The number of hydrogen-bond donors (Lipinski definition) is 0. The first-order valence-corrected chi connectivity index (χ1v) is 14.1. The van der Waals surface area contributed by atoms with E-state index < -0.39 is 0 Å². The first-order valence-electron chi connectivity index (χ1n) is 14.1. The molecule has 1 aliphatic heterocycles. The van der Waals surface area contributed by atoms with Crippen molar-refractivity contribution < 1.29 is 4.57 Å². The fourth-order valence-electron chi connectivity index (χ4n) is 8.10. The summed E-state index contributed by atoms with van der Waals surface area (Å²) < 4.78 is 5.56. The van der Waals surface area contributed by atoms with Crippen LogP contribution in [0.15, 0.2) is 78.9 Å². The van der Waals surface area contributed by atoms with Gasteiger partial charge in [0.05, 0.1) is 5.92 Å². The summed E-state index contributed by atoms with van der Waals surface area (Å²) >= 11 is 0. The van der Waals surface area contributed by atoms with Crippen molar-refractivity contribution in [2.45, 2.75) is 76.7 Å². The molecule has 2 saturated carbocycles. The number of fused-ring (bicyclic) bond motifs is 3. The highest BCUT2D eigenvalue weighted by Crippen LogP contribution is 2.54. The largest absolute Gasteiger partial charge is 0.266 e. The lowest BCUT2D eigenvalue weighted by Crippen LogP contribution is -2.61. The van der Waals surface area contributed by atoms with Crippen LogP contribution in [0.5, 0.6) is 0 Å². The topological polar surface area (TPSA) is 8.81 Å². The van der Waals surface area contributed by atoms with E-state index in [1.54, 1.807) is 5.82 Å². The average Bonchev–Trinajstić information content (AvgIpc) is 3.71. The van der Waals surface area contributed by atoms with Crippen LogP contribution in [0.4, 0.5) is 0 Å². The lowest BCUT2D eigenvalue weighted by molar-refractivity contribution is -0.744. The highest BCUT2D eigenvalue weighted by Gasteiger charge is 2.59. The summed E-state index contributed by atoms with van der Waals surface area (Å²) in [5.41, 5.74) is 9.85. The maximum atomic E-state index is 2.89. The Morgan fingerprint density at radius 3 is 2.11 bits per heavy atom. The summed E-state index contributed by atoms with van der Waals surface area (Å²) in [5.74, 6) is 2.75. The molecule has 1 atom stereocenters. The fraction of sp³-hybridized carbons (Fsp3) is 0.382. The number of benzene rings is 3. The predicted octanol–water partition coefficient (Wildman–Crippen LogP) is 8.00. The maximum absolute atomic E-state index is 2.89. The molecule has 0 bridgehead atoms. The Morgan fingerprint density at radius 1 is 0.722 bits per heavy atom. The Hall–Kier alpha value is -3.13. The van der Waals surface area contributed by atoms with Gasteiger partial charge in [0, 0.05) is 29.5 Å². The lowest BCUT2D eigenvalue weighted by atomic mass is 9.72. The number of nitrogens with zero attached hydrogens (tertiary/aromatic N) is 2. The van der Waals surface area contributed by atoms with E-state index in [1.165, 1.54) is 90.7 Å². The molecule has 7 rings (SSSR count). The molecule has 2 fully saturated rings. The van der Waals surface area contributed by atoms with E-state index in [4.69, 9.17) is 0 Å². The van der Waals surface area contributed by atoms with E-state index >= 15 is 0 Å². The zero-order chi connectivity index (χ0) is 24.3. The Labute approximate surface area is 215 Å². The molecular formula is C34H37N2+. The molecule has 0 saturated heterocycles. The Balaban J connectivity index is 1.65. The van der Waals surface area contributed by atoms with Gasteiger partial charge in [-0.25, -0.2) is 4.57 Å². The van der Waals surface area contributed by atoms with E-state index in [0.29, 0.717) is 11.8 Å². The SMILES string of the molecule is Cc1ccccc1-n1c(C)c2[n+](c1C1CCCC1)C(c1ccccc1)(C1CCCC1)c1ccccc1-2. The summed E-state index contributed by atoms with van der Waals surface area (Å²) in [5, 5.41) is 0. The first-order chi connectivity index (χ1) is 17.7. The molecule has 1 aromatic heterocycles. The molecule has 3 aliphatic rings. The van der Waals surface area contributed by atoms with Crippen LogP contribution < -0.4 is 4.57 Å². The van der Waals surface area contributed by atoms with Crippen molar-refractivity contribution in [2.75, 3.05) is 0 Å². The molecule has 182 valence electrons. The molecule has 0 amide bonds. The molecule has 36 heavy (non-hydrogen) atoms. The minimum absolute atomic E-state index is 0.139. The van der Waals surface area contributed by atoms with Gasteiger partial charge in [-0.3, -0.25) is 0 Å². The standard InChI is InChI=1S/C34H37N2/c1-24-14-6-13-23-31(24)35-25(2)32-29-21-11-12-22-30(29)34(28-19-9-10-20-28,27-17-4-3-5-18-27)36(32)33(35)26-15-7-8-16-26/h3-6,11-14,17-18,21-23,26,28H,7-10,15-16,19-20H2,1-2H3/q+1. The number of imidazole rings is 1. The molecule has 2 nitrogen and oxygen atoms in total. The van der Waals surface area contributed by atoms with Crippen molar-refractivity contribution in [3.8, 4) is 16.9 Å². The molecule has 4 aromatic rings. The van der Waals surface area contributed by atoms with Crippen LogP contribution >= 0.6 is 0 Å². The molecular weight excluding hydrogens is 436 g/mol. The maximum Gasteiger partial charge on any atom is 0.266 e. The van der Waals surface area contributed by atoms with Gasteiger partial charge in [0.15, 0.2) is 16.9 Å². The summed E-state index contributed by atoms with van der Waals surface area (Å²) in [6.07, 6.45) is 10.5. The van der Waals surface area contributed by atoms with Gasteiger partial charge in [0.1, 0.15) is 5.69 Å². The van der Waals surface area contributed by atoms with Gasteiger partial charge >= 0.3 is 0 Å². The number of para-hydroxylation sites is 1. The van der Waals surface area contributed by atoms with Crippen LogP contribution in [0.25, 0.3) is 16.9 Å². The molecule has 0 spiro atoms. The number of aromatic nitrogens is 2. The van der Waals surface area contributed by atoms with Crippen LogP contribution in [0.1, 0.15) is 85.5 Å². The summed E-state index contributed by atoms with van der Waals surface area (Å²) in [6, 6.07) is 29.9. The third-order valence-corrected chi connectivity index (χ3v) is 9.54. The monoisotopic (exact) mass is 473 g/mol. The minimum Gasteiger partial charge on any atom is -0.212 e. The Morgan fingerprint density at radius 2 is 1.36 bits per heavy atom. The second kappa shape index (κ2) is 8.47. The van der Waals surface area contributed by atoms with Gasteiger partial charge in [-0.2, -0.15) is 4.57 Å². The van der Waals surface area contributed by atoms with Gasteiger partial charge in [-0.05, 0) is 44.2 Å². The van der Waals surface area contributed by atoms with Crippen molar-refractivity contribution in [3.05, 3.63) is 107 Å². The van der Waals surface area contributed by atoms with E-state index in [1.807, 2.05) is 0 Å².